The predicted molar refractivity (Wildman–Crippen MR) is 86.9 cm³/mol. The van der Waals surface area contributed by atoms with Gasteiger partial charge in [0.2, 0.25) is 11.8 Å². The van der Waals surface area contributed by atoms with Crippen molar-refractivity contribution >= 4 is 27.8 Å². The Bertz CT molecular complexity index is 836. The lowest BCUT2D eigenvalue weighted by molar-refractivity contribution is -0.179. The Kier molecular flexibility index (Phi) is 4.47. The summed E-state index contributed by atoms with van der Waals surface area (Å²) in [6.45, 7) is 1.10. The number of ether oxygens (including phenoxy) is 1. The fourth-order valence-corrected chi connectivity index (χ4v) is 3.36. The Morgan fingerprint density at radius 3 is 2.50 bits per heavy atom. The van der Waals surface area contributed by atoms with E-state index in [9.17, 15) is 23.1 Å². The van der Waals surface area contributed by atoms with Gasteiger partial charge in [0, 0.05) is 4.47 Å². The summed E-state index contributed by atoms with van der Waals surface area (Å²) in [5, 5.41) is 20.3. The van der Waals surface area contributed by atoms with E-state index in [1.165, 1.54) is 0 Å². The van der Waals surface area contributed by atoms with Crippen LogP contribution in [0.25, 0.3) is 0 Å². The minimum atomic E-state index is -4.86. The van der Waals surface area contributed by atoms with Gasteiger partial charge in [-0.2, -0.15) is 13.2 Å². The predicted octanol–water partition coefficient (Wildman–Crippen LogP) is 2.68. The zero-order chi connectivity index (χ0) is 19.3. The normalized spacial score (nSPS) is 25.3. The first-order valence-corrected chi connectivity index (χ1v) is 8.22. The maximum atomic E-state index is 13.2. The highest BCUT2D eigenvalue weighted by Gasteiger charge is 2.55. The minimum absolute atomic E-state index is 0.296. The van der Waals surface area contributed by atoms with Gasteiger partial charge in [-0.15, -0.1) is 10.2 Å². The van der Waals surface area contributed by atoms with E-state index in [1.807, 2.05) is 0 Å². The smallest absolute Gasteiger partial charge is 0.451 e. The first-order valence-electron chi connectivity index (χ1n) is 7.42. The number of rotatable bonds is 2. The van der Waals surface area contributed by atoms with Crippen molar-refractivity contribution in [3.8, 4) is 0 Å². The monoisotopic (exact) mass is 434 g/mol. The van der Waals surface area contributed by atoms with Crippen LogP contribution in [-0.4, -0.2) is 33.0 Å². The van der Waals surface area contributed by atoms with Gasteiger partial charge >= 0.3 is 12.1 Å². The molecule has 0 radical (unpaired) electrons. The lowest BCUT2D eigenvalue weighted by Crippen LogP contribution is -2.52. The third-order valence-electron chi connectivity index (χ3n) is 4.26. The van der Waals surface area contributed by atoms with Crippen molar-refractivity contribution in [1.82, 2.24) is 14.8 Å². The number of carbonyl (C=O) groups excluding carboxylic acids is 1. The Morgan fingerprint density at radius 1 is 1.35 bits per heavy atom. The van der Waals surface area contributed by atoms with E-state index in [-0.39, 0.29) is 5.95 Å². The quantitative estimate of drug-likeness (QED) is 0.706. The summed E-state index contributed by atoms with van der Waals surface area (Å²) in [5.41, 5.74) is -1.72. The number of fused-ring (bicyclic) bond motifs is 1. The third-order valence-corrected chi connectivity index (χ3v) is 4.79. The molecule has 2 aromatic rings. The van der Waals surface area contributed by atoms with Gasteiger partial charge in [0.25, 0.3) is 0 Å². The van der Waals surface area contributed by atoms with Crippen molar-refractivity contribution in [2.75, 3.05) is 12.4 Å². The van der Waals surface area contributed by atoms with Gasteiger partial charge in [-0.05, 0) is 24.6 Å². The summed E-state index contributed by atoms with van der Waals surface area (Å²) in [6, 6.07) is 5.89. The number of aliphatic hydroxyl groups is 1. The largest absolute Gasteiger partial charge is 0.469 e. The van der Waals surface area contributed by atoms with E-state index in [2.05, 4.69) is 31.4 Å². The van der Waals surface area contributed by atoms with Crippen molar-refractivity contribution in [1.29, 1.82) is 0 Å². The van der Waals surface area contributed by atoms with Crippen LogP contribution in [0, 0.1) is 5.92 Å². The van der Waals surface area contributed by atoms with E-state index < -0.39 is 35.7 Å². The second kappa shape index (κ2) is 6.23. The molecule has 3 atom stereocenters. The number of alkyl halides is 3. The highest BCUT2D eigenvalue weighted by Crippen LogP contribution is 2.45. The highest BCUT2D eigenvalue weighted by molar-refractivity contribution is 9.10. The van der Waals surface area contributed by atoms with Crippen molar-refractivity contribution in [3.05, 3.63) is 40.1 Å². The molecule has 0 fully saturated rings. The highest BCUT2D eigenvalue weighted by atomic mass is 79.9. The summed E-state index contributed by atoms with van der Waals surface area (Å²) in [4.78, 5) is 12.4. The number of nitrogens with one attached hydrogen (secondary N) is 1. The van der Waals surface area contributed by atoms with Crippen LogP contribution < -0.4 is 5.32 Å². The molecule has 1 aliphatic heterocycles. The summed E-state index contributed by atoms with van der Waals surface area (Å²) in [5.74, 6) is -3.95. The summed E-state index contributed by atoms with van der Waals surface area (Å²) in [6.07, 6.45) is -4.86. The second-order valence-electron chi connectivity index (χ2n) is 5.95. The van der Waals surface area contributed by atoms with Crippen molar-refractivity contribution < 1.29 is 27.8 Å². The SMILES string of the molecule is COC(=O)[C@H]1[C@H](c2ccc(Br)cc2)Nc2nnc(C(F)(F)F)n2[C@@]1(C)O. The van der Waals surface area contributed by atoms with Crippen molar-refractivity contribution in [2.24, 2.45) is 5.92 Å². The summed E-state index contributed by atoms with van der Waals surface area (Å²) < 4.78 is 45.7. The molecule has 11 heteroatoms. The molecule has 7 nitrogen and oxygen atoms in total. The van der Waals surface area contributed by atoms with Gasteiger partial charge in [-0.3, -0.25) is 9.36 Å². The van der Waals surface area contributed by atoms with Gasteiger partial charge in [-0.1, -0.05) is 28.1 Å². The molecule has 1 aliphatic rings. The third kappa shape index (κ3) is 2.94. The number of carbonyl (C=O) groups is 1. The first kappa shape index (κ1) is 18.6. The molecule has 0 unspecified atom stereocenters. The maximum absolute atomic E-state index is 13.2. The molecule has 1 aromatic carbocycles. The van der Waals surface area contributed by atoms with Gasteiger partial charge in [-0.25, -0.2) is 0 Å². The number of methoxy groups -OCH3 is 1. The van der Waals surface area contributed by atoms with Gasteiger partial charge < -0.3 is 15.2 Å². The molecule has 0 aliphatic carbocycles. The molecule has 2 heterocycles. The van der Waals surface area contributed by atoms with Crippen LogP contribution in [0.2, 0.25) is 0 Å². The van der Waals surface area contributed by atoms with E-state index in [0.717, 1.165) is 18.5 Å². The standard InChI is InChI=1S/C15H14BrF3N4O3/c1-14(25)9(11(24)26-2)10(7-3-5-8(16)6-4-7)20-13-22-21-12(23(13)14)15(17,18)19/h3-6,9-10,25H,1-2H3,(H,20,22)/t9-,10+,14+/m1/s1. The van der Waals surface area contributed by atoms with Gasteiger partial charge in [0.15, 0.2) is 5.72 Å². The molecule has 3 rings (SSSR count). The average Bonchev–Trinajstić information content (AvgIpc) is 2.99. The van der Waals surface area contributed by atoms with Crippen LogP contribution in [0.5, 0.6) is 0 Å². The average molecular weight is 435 g/mol. The Labute approximate surface area is 154 Å². The number of esters is 1. The molecule has 0 amide bonds. The van der Waals surface area contributed by atoms with Crippen LogP contribution in [0.15, 0.2) is 28.7 Å². The van der Waals surface area contributed by atoms with Crippen molar-refractivity contribution in [2.45, 2.75) is 24.9 Å². The van der Waals surface area contributed by atoms with E-state index in [4.69, 9.17) is 4.74 Å². The molecular weight excluding hydrogens is 421 g/mol. The van der Waals surface area contributed by atoms with E-state index in [1.54, 1.807) is 24.3 Å². The number of halogens is 4. The number of hydrogen-bond donors (Lipinski definition) is 2. The fraction of sp³-hybridized carbons (Fsp3) is 0.400. The Balaban J connectivity index is 2.18. The molecule has 2 N–H and O–H groups in total. The molecular formula is C15H14BrF3N4O3. The van der Waals surface area contributed by atoms with Gasteiger partial charge in [0.1, 0.15) is 5.92 Å². The van der Waals surface area contributed by atoms with E-state index >= 15 is 0 Å². The zero-order valence-electron chi connectivity index (χ0n) is 13.6. The van der Waals surface area contributed by atoms with Crippen LogP contribution >= 0.6 is 15.9 Å². The second-order valence-corrected chi connectivity index (χ2v) is 6.86. The van der Waals surface area contributed by atoms with Crippen LogP contribution in [0.3, 0.4) is 0 Å². The number of aromatic nitrogens is 3. The van der Waals surface area contributed by atoms with Gasteiger partial charge in [0.05, 0.1) is 13.2 Å². The number of benzene rings is 1. The molecule has 26 heavy (non-hydrogen) atoms. The Morgan fingerprint density at radius 2 is 1.96 bits per heavy atom. The lowest BCUT2D eigenvalue weighted by Gasteiger charge is -2.42. The minimum Gasteiger partial charge on any atom is -0.469 e. The first-order chi connectivity index (χ1) is 12.1. The topological polar surface area (TPSA) is 89.3 Å². The van der Waals surface area contributed by atoms with E-state index in [0.29, 0.717) is 10.1 Å². The maximum Gasteiger partial charge on any atom is 0.451 e. The molecule has 0 spiro atoms. The Hall–Kier alpha value is -2.14. The number of anilines is 1. The number of hydrogen-bond acceptors (Lipinski definition) is 6. The summed E-state index contributed by atoms with van der Waals surface area (Å²) in [7, 11) is 1.10. The van der Waals surface area contributed by atoms with Crippen LogP contribution in [-0.2, 0) is 21.4 Å². The van der Waals surface area contributed by atoms with Crippen molar-refractivity contribution in [3.63, 3.8) is 0 Å². The molecule has 0 saturated heterocycles. The zero-order valence-corrected chi connectivity index (χ0v) is 15.2. The molecule has 0 bridgehead atoms. The van der Waals surface area contributed by atoms with Crippen LogP contribution in [0.1, 0.15) is 24.4 Å². The molecule has 140 valence electrons. The molecule has 0 saturated carbocycles. The fourth-order valence-electron chi connectivity index (χ4n) is 3.10. The van der Waals surface area contributed by atoms with Crippen LogP contribution in [0.4, 0.5) is 19.1 Å². The molecule has 1 aromatic heterocycles. The lowest BCUT2D eigenvalue weighted by atomic mass is 9.83. The summed E-state index contributed by atoms with van der Waals surface area (Å²) >= 11 is 3.29. The number of nitrogens with zero attached hydrogens (tertiary/aromatic N) is 3.